The third kappa shape index (κ3) is 6.19. The summed E-state index contributed by atoms with van der Waals surface area (Å²) in [5.74, 6) is 1.78. The van der Waals surface area contributed by atoms with Gasteiger partial charge in [-0.25, -0.2) is 4.98 Å². The first-order valence-corrected chi connectivity index (χ1v) is 7.38. The van der Waals surface area contributed by atoms with E-state index in [0.29, 0.717) is 11.5 Å². The van der Waals surface area contributed by atoms with Gasteiger partial charge in [-0.05, 0) is 30.7 Å². The van der Waals surface area contributed by atoms with Crippen LogP contribution in [0.25, 0.3) is 0 Å². The standard InChI is InChI=1S/C15H30N4/c1-7-16-13(8-12(2)10-15(3,4)5)9-14-17-11-18-19(14)6/h11-13,16H,7-10H2,1-6H3. The lowest BCUT2D eigenvalue weighted by atomic mass is 9.82. The highest BCUT2D eigenvalue weighted by atomic mass is 15.3. The van der Waals surface area contributed by atoms with Crippen LogP contribution in [-0.4, -0.2) is 27.4 Å². The maximum Gasteiger partial charge on any atom is 0.138 e. The minimum Gasteiger partial charge on any atom is -0.314 e. The van der Waals surface area contributed by atoms with Crippen LogP contribution in [0.5, 0.6) is 0 Å². The molecular weight excluding hydrogens is 236 g/mol. The highest BCUT2D eigenvalue weighted by Crippen LogP contribution is 2.27. The highest BCUT2D eigenvalue weighted by Gasteiger charge is 2.20. The molecule has 1 N–H and O–H groups in total. The molecule has 0 bridgehead atoms. The Morgan fingerprint density at radius 1 is 1.37 bits per heavy atom. The zero-order chi connectivity index (χ0) is 14.5. The van der Waals surface area contributed by atoms with Gasteiger partial charge in [-0.3, -0.25) is 4.68 Å². The molecule has 2 unspecified atom stereocenters. The van der Waals surface area contributed by atoms with Crippen molar-refractivity contribution in [2.75, 3.05) is 6.54 Å². The van der Waals surface area contributed by atoms with E-state index in [2.05, 4.69) is 50.0 Å². The van der Waals surface area contributed by atoms with Crippen LogP contribution in [0.15, 0.2) is 6.33 Å². The normalized spacial score (nSPS) is 15.5. The van der Waals surface area contributed by atoms with E-state index < -0.39 is 0 Å². The first-order chi connectivity index (χ1) is 8.81. The minimum atomic E-state index is 0.404. The van der Waals surface area contributed by atoms with Gasteiger partial charge >= 0.3 is 0 Å². The maximum atomic E-state index is 4.33. The number of hydrogen-bond acceptors (Lipinski definition) is 3. The van der Waals surface area contributed by atoms with Crippen LogP contribution in [0.1, 0.15) is 53.3 Å². The van der Waals surface area contributed by atoms with Crippen molar-refractivity contribution in [3.63, 3.8) is 0 Å². The van der Waals surface area contributed by atoms with E-state index in [1.54, 1.807) is 6.33 Å². The second-order valence-electron chi connectivity index (χ2n) is 6.86. The van der Waals surface area contributed by atoms with Gasteiger partial charge in [-0.15, -0.1) is 0 Å². The average Bonchev–Trinajstić information content (AvgIpc) is 2.61. The summed E-state index contributed by atoms with van der Waals surface area (Å²) in [5.41, 5.74) is 0.404. The lowest BCUT2D eigenvalue weighted by Crippen LogP contribution is -2.34. The molecule has 1 heterocycles. The van der Waals surface area contributed by atoms with Gasteiger partial charge in [-0.1, -0.05) is 34.6 Å². The van der Waals surface area contributed by atoms with Crippen molar-refractivity contribution in [3.05, 3.63) is 12.2 Å². The molecule has 110 valence electrons. The van der Waals surface area contributed by atoms with Crippen LogP contribution in [-0.2, 0) is 13.5 Å². The molecule has 0 fully saturated rings. The average molecular weight is 266 g/mol. The first kappa shape index (κ1) is 16.2. The molecule has 4 heteroatoms. The van der Waals surface area contributed by atoms with Gasteiger partial charge in [0.25, 0.3) is 0 Å². The van der Waals surface area contributed by atoms with Gasteiger partial charge < -0.3 is 5.32 Å². The van der Waals surface area contributed by atoms with Crippen LogP contribution < -0.4 is 5.32 Å². The van der Waals surface area contributed by atoms with Crippen molar-refractivity contribution < 1.29 is 0 Å². The fourth-order valence-electron chi connectivity index (χ4n) is 2.87. The van der Waals surface area contributed by atoms with E-state index in [-0.39, 0.29) is 0 Å². The Labute approximate surface area is 118 Å². The van der Waals surface area contributed by atoms with Crippen molar-refractivity contribution >= 4 is 0 Å². The minimum absolute atomic E-state index is 0.404. The summed E-state index contributed by atoms with van der Waals surface area (Å²) < 4.78 is 1.87. The summed E-state index contributed by atoms with van der Waals surface area (Å²) >= 11 is 0. The fraction of sp³-hybridized carbons (Fsp3) is 0.867. The summed E-state index contributed by atoms with van der Waals surface area (Å²) in [4.78, 5) is 4.33. The fourth-order valence-corrected chi connectivity index (χ4v) is 2.87. The summed E-state index contributed by atoms with van der Waals surface area (Å²) in [5, 5.41) is 7.73. The molecule has 0 aliphatic rings. The van der Waals surface area contributed by atoms with Gasteiger partial charge in [0.1, 0.15) is 12.2 Å². The number of aromatic nitrogens is 3. The lowest BCUT2D eigenvalue weighted by molar-refractivity contribution is 0.273. The molecule has 0 saturated carbocycles. The highest BCUT2D eigenvalue weighted by molar-refractivity contribution is 4.89. The van der Waals surface area contributed by atoms with Gasteiger partial charge in [-0.2, -0.15) is 5.10 Å². The Morgan fingerprint density at radius 2 is 2.05 bits per heavy atom. The Bertz CT molecular complexity index is 364. The monoisotopic (exact) mass is 266 g/mol. The molecule has 0 radical (unpaired) electrons. The molecule has 4 nitrogen and oxygen atoms in total. The summed E-state index contributed by atoms with van der Waals surface area (Å²) in [6.45, 7) is 12.5. The Balaban J connectivity index is 2.55. The summed E-state index contributed by atoms with van der Waals surface area (Å²) in [7, 11) is 1.96. The Kier molecular flexibility index (Phi) is 5.98. The van der Waals surface area contributed by atoms with Crippen LogP contribution >= 0.6 is 0 Å². The molecule has 0 aliphatic heterocycles. The smallest absolute Gasteiger partial charge is 0.138 e. The van der Waals surface area contributed by atoms with Gasteiger partial charge in [0.05, 0.1) is 0 Å². The van der Waals surface area contributed by atoms with Crippen molar-refractivity contribution in [2.24, 2.45) is 18.4 Å². The second-order valence-corrected chi connectivity index (χ2v) is 6.86. The number of likely N-dealkylation sites (N-methyl/N-ethyl adjacent to an activating group) is 1. The van der Waals surface area contributed by atoms with E-state index in [0.717, 1.165) is 24.7 Å². The maximum absolute atomic E-state index is 4.33. The van der Waals surface area contributed by atoms with E-state index in [1.165, 1.54) is 12.8 Å². The second kappa shape index (κ2) is 7.04. The predicted molar refractivity (Wildman–Crippen MR) is 80.0 cm³/mol. The van der Waals surface area contributed by atoms with Crippen molar-refractivity contribution in [1.82, 2.24) is 20.1 Å². The van der Waals surface area contributed by atoms with E-state index in [9.17, 15) is 0 Å². The first-order valence-electron chi connectivity index (χ1n) is 7.38. The number of hydrogen-bond donors (Lipinski definition) is 1. The van der Waals surface area contributed by atoms with Crippen molar-refractivity contribution in [1.29, 1.82) is 0 Å². The largest absolute Gasteiger partial charge is 0.314 e. The molecule has 1 rings (SSSR count). The molecule has 1 aromatic rings. The van der Waals surface area contributed by atoms with Crippen molar-refractivity contribution in [2.45, 2.75) is 59.9 Å². The number of nitrogens with zero attached hydrogens (tertiary/aromatic N) is 3. The topological polar surface area (TPSA) is 42.7 Å². The molecule has 0 aromatic carbocycles. The molecule has 0 spiro atoms. The molecule has 0 aliphatic carbocycles. The van der Waals surface area contributed by atoms with Crippen LogP contribution in [0.2, 0.25) is 0 Å². The number of nitrogens with one attached hydrogen (secondary N) is 1. The van der Waals surface area contributed by atoms with Crippen LogP contribution in [0, 0.1) is 11.3 Å². The molecule has 2 atom stereocenters. The molecular formula is C15H30N4. The number of aryl methyl sites for hydroxylation is 1. The zero-order valence-corrected chi connectivity index (χ0v) is 13.4. The zero-order valence-electron chi connectivity index (χ0n) is 13.4. The third-order valence-electron chi connectivity index (χ3n) is 3.37. The van der Waals surface area contributed by atoms with E-state index >= 15 is 0 Å². The molecule has 0 amide bonds. The lowest BCUT2D eigenvalue weighted by Gasteiger charge is -2.27. The van der Waals surface area contributed by atoms with Gasteiger partial charge in [0.2, 0.25) is 0 Å². The van der Waals surface area contributed by atoms with Gasteiger partial charge in [0, 0.05) is 19.5 Å². The Morgan fingerprint density at radius 3 is 2.53 bits per heavy atom. The van der Waals surface area contributed by atoms with Crippen molar-refractivity contribution in [3.8, 4) is 0 Å². The van der Waals surface area contributed by atoms with E-state index in [4.69, 9.17) is 0 Å². The Hall–Kier alpha value is -0.900. The van der Waals surface area contributed by atoms with E-state index in [1.807, 2.05) is 11.7 Å². The summed E-state index contributed by atoms with van der Waals surface area (Å²) in [6, 6.07) is 0.491. The number of rotatable bonds is 7. The third-order valence-corrected chi connectivity index (χ3v) is 3.37. The quantitative estimate of drug-likeness (QED) is 0.825. The van der Waals surface area contributed by atoms with Crippen LogP contribution in [0.3, 0.4) is 0 Å². The van der Waals surface area contributed by atoms with Crippen LogP contribution in [0.4, 0.5) is 0 Å². The predicted octanol–water partition coefficient (Wildman–Crippen LogP) is 2.80. The SMILES string of the molecule is CCNC(Cc1ncnn1C)CC(C)CC(C)(C)C. The molecule has 1 aromatic heterocycles. The molecule has 19 heavy (non-hydrogen) atoms. The van der Waals surface area contributed by atoms with Gasteiger partial charge in [0.15, 0.2) is 0 Å². The summed E-state index contributed by atoms with van der Waals surface area (Å²) in [6.07, 6.45) is 5.04. The molecule has 0 saturated heterocycles.